The second kappa shape index (κ2) is 8.58. The summed E-state index contributed by atoms with van der Waals surface area (Å²) in [5.74, 6) is 0.599. The summed E-state index contributed by atoms with van der Waals surface area (Å²) in [4.78, 5) is 14.8. The lowest BCUT2D eigenvalue weighted by molar-refractivity contribution is 0.0702. The Morgan fingerprint density at radius 1 is 1.34 bits per heavy atom. The number of amides is 1. The minimum atomic E-state index is -2.64. The smallest absolute Gasteiger partial charge is 0.274 e. The van der Waals surface area contributed by atoms with Gasteiger partial charge in [-0.15, -0.1) is 0 Å². The minimum absolute atomic E-state index is 0.0666. The Kier molecular flexibility index (Phi) is 4.59. The molecule has 0 saturated carbocycles. The van der Waals surface area contributed by atoms with Crippen LogP contribution in [0, 0.1) is 0 Å². The quantitative estimate of drug-likeness (QED) is 0.413. The van der Waals surface area contributed by atoms with Crippen molar-refractivity contribution in [3.8, 4) is 39.6 Å². The number of rotatable bonds is 5. The van der Waals surface area contributed by atoms with Crippen molar-refractivity contribution in [2.24, 2.45) is 7.05 Å². The van der Waals surface area contributed by atoms with Crippen molar-refractivity contribution in [1.82, 2.24) is 19.2 Å². The first kappa shape index (κ1) is 18.7. The third kappa shape index (κ3) is 3.62. The molecule has 2 aliphatic rings. The van der Waals surface area contributed by atoms with Crippen LogP contribution in [0.15, 0.2) is 47.4 Å². The van der Waals surface area contributed by atoms with Gasteiger partial charge in [0.05, 0.1) is 31.1 Å². The summed E-state index contributed by atoms with van der Waals surface area (Å²) in [5, 5.41) is 8.58. The number of ether oxygens (including phenoxy) is 3. The average molecular weight is 494 g/mol. The number of likely N-dealkylation sites (N-methyl/N-ethyl adjacent to an activating group) is 1. The first-order chi connectivity index (χ1) is 18.3. The molecule has 9 heteroatoms. The van der Waals surface area contributed by atoms with Crippen molar-refractivity contribution in [3.05, 3.63) is 58.7 Å². The summed E-state index contributed by atoms with van der Waals surface area (Å²) in [6, 6.07) is 7.18. The third-order valence-electron chi connectivity index (χ3n) is 6.50. The number of carbonyl (C=O) groups is 1. The maximum atomic E-state index is 13.9. The van der Waals surface area contributed by atoms with E-state index in [9.17, 15) is 4.79 Å². The second-order valence-corrected chi connectivity index (χ2v) is 9.44. The minimum Gasteiger partial charge on any atom is -0.496 e. The van der Waals surface area contributed by atoms with E-state index in [0.717, 1.165) is 27.3 Å². The number of fused-ring (bicyclic) bond motifs is 3. The number of nitrogens with zero attached hydrogens (tertiary/aromatic N) is 4. The zero-order chi connectivity index (χ0) is 26.6. The lowest BCUT2D eigenvalue weighted by Gasteiger charge is -2.24. The summed E-state index contributed by atoms with van der Waals surface area (Å²) in [6.07, 6.45) is 4.41. The summed E-state index contributed by atoms with van der Waals surface area (Å²) in [5.41, 5.74) is 4.66. The van der Waals surface area contributed by atoms with Gasteiger partial charge >= 0.3 is 0 Å². The van der Waals surface area contributed by atoms with Gasteiger partial charge in [-0.3, -0.25) is 4.79 Å². The van der Waals surface area contributed by atoms with Crippen molar-refractivity contribution in [2.75, 3.05) is 27.3 Å². The normalized spacial score (nSPS) is 18.1. The monoisotopic (exact) mass is 493 g/mol. The standard InChI is InChI=1S/C26H26N4O4S/c1-28-7-4-16(12-28)19-10-20-23(11-22(19)32-3)34-14-21-24(26(31)29(2)17-5-8-33-13-17)27-30(25(20)21)18-6-9-35-15-18/h4,6-7,9-12,15,17H,5,8,13-14H2,1-3H3/i2D3. The Morgan fingerprint density at radius 2 is 2.26 bits per heavy atom. The summed E-state index contributed by atoms with van der Waals surface area (Å²) in [7, 11) is 3.57. The molecule has 4 aromatic rings. The molecule has 35 heavy (non-hydrogen) atoms. The number of methoxy groups -OCH3 is 1. The van der Waals surface area contributed by atoms with E-state index in [1.807, 2.05) is 59.0 Å². The molecule has 0 radical (unpaired) electrons. The van der Waals surface area contributed by atoms with E-state index in [1.165, 1.54) is 11.3 Å². The molecule has 0 spiro atoms. The van der Waals surface area contributed by atoms with Crippen LogP contribution < -0.4 is 9.47 Å². The fourth-order valence-corrected chi connectivity index (χ4v) is 5.29. The number of benzene rings is 1. The lowest BCUT2D eigenvalue weighted by atomic mass is 9.97. The van der Waals surface area contributed by atoms with Gasteiger partial charge in [0.15, 0.2) is 5.69 Å². The van der Waals surface area contributed by atoms with Crippen LogP contribution >= 0.6 is 11.3 Å². The molecule has 6 rings (SSSR count). The zero-order valence-electron chi connectivity index (χ0n) is 22.4. The maximum Gasteiger partial charge on any atom is 0.274 e. The Morgan fingerprint density at radius 3 is 2.94 bits per heavy atom. The number of hydrogen-bond donors (Lipinski definition) is 0. The third-order valence-corrected chi connectivity index (χ3v) is 7.17. The van der Waals surface area contributed by atoms with Crippen LogP contribution in [0.2, 0.25) is 0 Å². The predicted octanol–water partition coefficient (Wildman–Crippen LogP) is 4.37. The molecule has 3 aromatic heterocycles. The van der Waals surface area contributed by atoms with Gasteiger partial charge in [0.25, 0.3) is 5.91 Å². The van der Waals surface area contributed by atoms with Gasteiger partial charge in [0, 0.05) is 70.8 Å². The van der Waals surface area contributed by atoms with E-state index in [4.69, 9.17) is 23.4 Å². The van der Waals surface area contributed by atoms with Crippen molar-refractivity contribution < 1.29 is 23.1 Å². The highest BCUT2D eigenvalue weighted by molar-refractivity contribution is 7.08. The number of thiophene rings is 1. The van der Waals surface area contributed by atoms with Crippen LogP contribution in [0.25, 0.3) is 28.1 Å². The van der Waals surface area contributed by atoms with E-state index < -0.39 is 18.9 Å². The maximum absolute atomic E-state index is 13.9. The van der Waals surface area contributed by atoms with Crippen LogP contribution in [-0.4, -0.2) is 58.5 Å². The molecular weight excluding hydrogens is 464 g/mol. The predicted molar refractivity (Wildman–Crippen MR) is 133 cm³/mol. The number of aromatic nitrogens is 3. The van der Waals surface area contributed by atoms with Crippen LogP contribution in [0.1, 0.15) is 26.6 Å². The van der Waals surface area contributed by atoms with E-state index in [2.05, 4.69) is 0 Å². The number of hydrogen-bond acceptors (Lipinski definition) is 6. The molecule has 1 unspecified atom stereocenters. The Balaban J connectivity index is 1.55. The van der Waals surface area contributed by atoms with Crippen molar-refractivity contribution in [1.29, 1.82) is 0 Å². The van der Waals surface area contributed by atoms with Gasteiger partial charge in [-0.2, -0.15) is 16.4 Å². The first-order valence-corrected chi connectivity index (χ1v) is 12.2. The molecular formula is C26H26N4O4S. The molecule has 180 valence electrons. The van der Waals surface area contributed by atoms with Crippen LogP contribution in [0.3, 0.4) is 0 Å². The van der Waals surface area contributed by atoms with Crippen molar-refractivity contribution in [3.63, 3.8) is 0 Å². The van der Waals surface area contributed by atoms with E-state index in [0.29, 0.717) is 35.8 Å². The topological polar surface area (TPSA) is 70.8 Å². The largest absolute Gasteiger partial charge is 0.496 e. The van der Waals surface area contributed by atoms with E-state index >= 15 is 0 Å². The summed E-state index contributed by atoms with van der Waals surface area (Å²) >= 11 is 1.51. The van der Waals surface area contributed by atoms with E-state index in [-0.39, 0.29) is 18.9 Å². The summed E-state index contributed by atoms with van der Waals surface area (Å²) < 4.78 is 45.2. The molecule has 0 bridgehead atoms. The molecule has 1 amide bonds. The molecule has 0 N–H and O–H groups in total. The van der Waals surface area contributed by atoms with Crippen molar-refractivity contribution in [2.45, 2.75) is 19.1 Å². The van der Waals surface area contributed by atoms with Gasteiger partial charge in [-0.05, 0) is 30.0 Å². The van der Waals surface area contributed by atoms with Crippen LogP contribution in [-0.2, 0) is 18.4 Å². The van der Waals surface area contributed by atoms with Crippen LogP contribution in [0.5, 0.6) is 11.5 Å². The number of aryl methyl sites for hydroxylation is 1. The molecule has 5 heterocycles. The second-order valence-electron chi connectivity index (χ2n) is 8.66. The molecule has 1 fully saturated rings. The SMILES string of the molecule is [2H]C([2H])([2H])N(C(=O)c1nn(-c2ccsc2)c2c1COc1cc(OC)c(-c3ccn(C)c3)cc1-2)C1CCOC1. The number of carbonyl (C=O) groups excluding carboxylic acids is 1. The average Bonchev–Trinajstić information content (AvgIpc) is 3.69. The van der Waals surface area contributed by atoms with Crippen LogP contribution in [0.4, 0.5) is 0 Å². The van der Waals surface area contributed by atoms with Gasteiger partial charge in [-0.1, -0.05) is 0 Å². The molecule has 1 aromatic carbocycles. The van der Waals surface area contributed by atoms with E-state index in [1.54, 1.807) is 11.8 Å². The highest BCUT2D eigenvalue weighted by atomic mass is 32.1. The molecule has 8 nitrogen and oxygen atoms in total. The first-order valence-electron chi connectivity index (χ1n) is 12.8. The molecule has 1 saturated heterocycles. The fourth-order valence-electron chi connectivity index (χ4n) is 4.68. The van der Waals surface area contributed by atoms with Crippen molar-refractivity contribution >= 4 is 17.2 Å². The Bertz CT molecular complexity index is 1500. The Labute approximate surface area is 211 Å². The summed E-state index contributed by atoms with van der Waals surface area (Å²) in [6.45, 7) is -1.99. The highest BCUT2D eigenvalue weighted by Crippen LogP contribution is 2.46. The zero-order valence-corrected chi connectivity index (χ0v) is 20.2. The van der Waals surface area contributed by atoms with Gasteiger partial charge in [-0.25, -0.2) is 4.68 Å². The Hall–Kier alpha value is -3.56. The van der Waals surface area contributed by atoms with Gasteiger partial charge in [0.1, 0.15) is 18.1 Å². The highest BCUT2D eigenvalue weighted by Gasteiger charge is 2.34. The lowest BCUT2D eigenvalue weighted by Crippen LogP contribution is -2.38. The van der Waals surface area contributed by atoms with Gasteiger partial charge < -0.3 is 23.7 Å². The van der Waals surface area contributed by atoms with Gasteiger partial charge in [0.2, 0.25) is 0 Å². The molecule has 0 aliphatic carbocycles. The molecule has 1 atom stereocenters. The fraction of sp³-hybridized carbons (Fsp3) is 0.308. The molecule has 2 aliphatic heterocycles.